The van der Waals surface area contributed by atoms with E-state index in [4.69, 9.17) is 14.6 Å². The smallest absolute Gasteiger partial charge is 0.235 e. The van der Waals surface area contributed by atoms with Crippen LogP contribution in [-0.4, -0.2) is 59.9 Å². The standard InChI is InChI=1S/C15H23NO7S2/c1-24(18,19)13-5-6-15(23-9-7-17)14(10-13)16-25(20,21)11-12-4-2-3-8-22-12/h5-6,10,12,16-17H,2-4,7-9,11H2,1H3. The van der Waals surface area contributed by atoms with E-state index < -0.39 is 19.9 Å². The molecule has 1 fully saturated rings. The Balaban J connectivity index is 2.24. The molecule has 142 valence electrons. The van der Waals surface area contributed by atoms with E-state index in [0.29, 0.717) is 13.0 Å². The molecule has 25 heavy (non-hydrogen) atoms. The highest BCUT2D eigenvalue weighted by Gasteiger charge is 2.24. The molecule has 0 spiro atoms. The van der Waals surface area contributed by atoms with Crippen molar-refractivity contribution in [3.05, 3.63) is 18.2 Å². The van der Waals surface area contributed by atoms with Gasteiger partial charge in [-0.05, 0) is 37.5 Å². The quantitative estimate of drug-likeness (QED) is 0.669. The van der Waals surface area contributed by atoms with Crippen molar-refractivity contribution in [3.8, 4) is 5.75 Å². The van der Waals surface area contributed by atoms with E-state index in [-0.39, 0.29) is 41.4 Å². The van der Waals surface area contributed by atoms with Crippen molar-refractivity contribution in [3.63, 3.8) is 0 Å². The summed E-state index contributed by atoms with van der Waals surface area (Å²) in [7, 11) is -7.27. The van der Waals surface area contributed by atoms with Crippen LogP contribution in [0, 0.1) is 0 Å². The van der Waals surface area contributed by atoms with Crippen LogP contribution in [0.25, 0.3) is 0 Å². The first-order valence-corrected chi connectivity index (χ1v) is 11.5. The third kappa shape index (κ3) is 6.14. The molecule has 0 bridgehead atoms. The van der Waals surface area contributed by atoms with Gasteiger partial charge >= 0.3 is 0 Å². The highest BCUT2D eigenvalue weighted by atomic mass is 32.2. The van der Waals surface area contributed by atoms with Crippen LogP contribution in [0.15, 0.2) is 23.1 Å². The van der Waals surface area contributed by atoms with Crippen molar-refractivity contribution in [2.24, 2.45) is 0 Å². The Morgan fingerprint density at radius 3 is 2.64 bits per heavy atom. The van der Waals surface area contributed by atoms with Crippen LogP contribution < -0.4 is 9.46 Å². The Kier molecular flexibility index (Phi) is 6.66. The third-order valence-corrected chi connectivity index (χ3v) is 6.12. The normalized spacial score (nSPS) is 18.7. The molecule has 1 atom stereocenters. The second-order valence-electron chi connectivity index (χ2n) is 5.87. The van der Waals surface area contributed by atoms with Crippen molar-refractivity contribution in [1.29, 1.82) is 0 Å². The number of rotatable bonds is 8. The molecule has 0 aliphatic carbocycles. The van der Waals surface area contributed by atoms with Crippen LogP contribution in [0.4, 0.5) is 5.69 Å². The van der Waals surface area contributed by atoms with Crippen LogP contribution in [0.5, 0.6) is 5.75 Å². The summed E-state index contributed by atoms with van der Waals surface area (Å²) < 4.78 is 61.4. The average molecular weight is 393 g/mol. The minimum Gasteiger partial charge on any atom is -0.489 e. The summed E-state index contributed by atoms with van der Waals surface area (Å²) in [6.07, 6.45) is 3.14. The maximum Gasteiger partial charge on any atom is 0.235 e. The van der Waals surface area contributed by atoms with Crippen LogP contribution >= 0.6 is 0 Å². The van der Waals surface area contributed by atoms with Gasteiger partial charge in [0.25, 0.3) is 0 Å². The first kappa shape index (κ1) is 20.0. The number of hydrogen-bond acceptors (Lipinski definition) is 7. The summed E-state index contributed by atoms with van der Waals surface area (Å²) in [5.41, 5.74) is 0.0205. The third-order valence-electron chi connectivity index (χ3n) is 3.67. The van der Waals surface area contributed by atoms with Crippen LogP contribution in [0.2, 0.25) is 0 Å². The molecule has 1 saturated heterocycles. The van der Waals surface area contributed by atoms with E-state index in [1.807, 2.05) is 0 Å². The second-order valence-corrected chi connectivity index (χ2v) is 9.66. The van der Waals surface area contributed by atoms with Crippen molar-refractivity contribution in [2.45, 2.75) is 30.3 Å². The number of sulfone groups is 1. The number of sulfonamides is 1. The molecule has 1 aromatic carbocycles. The lowest BCUT2D eigenvalue weighted by atomic mass is 10.1. The molecule has 1 aromatic rings. The summed E-state index contributed by atoms with van der Waals surface area (Å²) >= 11 is 0. The summed E-state index contributed by atoms with van der Waals surface area (Å²) in [4.78, 5) is -0.0320. The lowest BCUT2D eigenvalue weighted by Crippen LogP contribution is -2.31. The number of aliphatic hydroxyl groups excluding tert-OH is 1. The summed E-state index contributed by atoms with van der Waals surface area (Å²) in [5, 5.41) is 8.88. The zero-order chi connectivity index (χ0) is 18.5. The van der Waals surface area contributed by atoms with Gasteiger partial charge < -0.3 is 14.6 Å². The van der Waals surface area contributed by atoms with Gasteiger partial charge in [0.05, 0.1) is 29.0 Å². The maximum atomic E-state index is 12.4. The van der Waals surface area contributed by atoms with Gasteiger partial charge in [0.15, 0.2) is 9.84 Å². The minimum absolute atomic E-state index is 0.0205. The van der Waals surface area contributed by atoms with Gasteiger partial charge in [-0.15, -0.1) is 0 Å². The molecule has 1 heterocycles. The van der Waals surface area contributed by atoms with Gasteiger partial charge in [0.2, 0.25) is 10.0 Å². The molecule has 10 heteroatoms. The van der Waals surface area contributed by atoms with Gasteiger partial charge in [0, 0.05) is 12.9 Å². The fourth-order valence-electron chi connectivity index (χ4n) is 2.49. The van der Waals surface area contributed by atoms with Crippen molar-refractivity contribution in [2.75, 3.05) is 36.6 Å². The van der Waals surface area contributed by atoms with Crippen LogP contribution in [-0.2, 0) is 24.6 Å². The number of ether oxygens (including phenoxy) is 2. The molecule has 2 rings (SSSR count). The zero-order valence-corrected chi connectivity index (χ0v) is 15.6. The Morgan fingerprint density at radius 2 is 2.04 bits per heavy atom. The molecule has 0 amide bonds. The van der Waals surface area contributed by atoms with Gasteiger partial charge in [0.1, 0.15) is 12.4 Å². The van der Waals surface area contributed by atoms with Crippen molar-refractivity contribution >= 4 is 25.5 Å². The van der Waals surface area contributed by atoms with Gasteiger partial charge in [-0.25, -0.2) is 16.8 Å². The molecule has 1 aliphatic rings. The first-order chi connectivity index (χ1) is 11.7. The predicted octanol–water partition coefficient (Wildman–Crippen LogP) is 0.772. The molecule has 0 radical (unpaired) electrons. The van der Waals surface area contributed by atoms with E-state index in [2.05, 4.69) is 4.72 Å². The fraction of sp³-hybridized carbons (Fsp3) is 0.600. The molecule has 1 aliphatic heterocycles. The average Bonchev–Trinajstić information content (AvgIpc) is 2.53. The highest BCUT2D eigenvalue weighted by Crippen LogP contribution is 2.29. The fourth-order valence-corrected chi connectivity index (χ4v) is 4.47. The van der Waals surface area contributed by atoms with Gasteiger partial charge in [-0.1, -0.05) is 0 Å². The highest BCUT2D eigenvalue weighted by molar-refractivity contribution is 7.92. The molecule has 0 aromatic heterocycles. The van der Waals surface area contributed by atoms with Crippen LogP contribution in [0.3, 0.4) is 0 Å². The Bertz CT molecular complexity index is 784. The van der Waals surface area contributed by atoms with Crippen molar-refractivity contribution < 1.29 is 31.4 Å². The Labute approximate surface area is 148 Å². The SMILES string of the molecule is CS(=O)(=O)c1ccc(OCCO)c(NS(=O)(=O)CC2CCCCO2)c1. The molecule has 8 nitrogen and oxygen atoms in total. The van der Waals surface area contributed by atoms with Gasteiger partial charge in [-0.3, -0.25) is 4.72 Å². The lowest BCUT2D eigenvalue weighted by molar-refractivity contribution is 0.0306. The second kappa shape index (κ2) is 8.35. The van der Waals surface area contributed by atoms with Crippen molar-refractivity contribution in [1.82, 2.24) is 0 Å². The van der Waals surface area contributed by atoms with E-state index in [9.17, 15) is 16.8 Å². The largest absolute Gasteiger partial charge is 0.489 e. The molecular weight excluding hydrogens is 370 g/mol. The monoisotopic (exact) mass is 393 g/mol. The molecular formula is C15H23NO7S2. The number of benzene rings is 1. The number of hydrogen-bond donors (Lipinski definition) is 2. The Morgan fingerprint density at radius 1 is 1.28 bits per heavy atom. The summed E-state index contributed by atoms with van der Waals surface area (Å²) in [5.74, 6) is -0.0650. The number of aliphatic hydroxyl groups is 1. The van der Waals surface area contributed by atoms with E-state index in [1.165, 1.54) is 18.2 Å². The first-order valence-electron chi connectivity index (χ1n) is 7.91. The lowest BCUT2D eigenvalue weighted by Gasteiger charge is -2.23. The topological polar surface area (TPSA) is 119 Å². The van der Waals surface area contributed by atoms with E-state index >= 15 is 0 Å². The zero-order valence-electron chi connectivity index (χ0n) is 14.0. The molecule has 2 N–H and O–H groups in total. The molecule has 1 unspecified atom stereocenters. The predicted molar refractivity (Wildman–Crippen MR) is 93.1 cm³/mol. The number of nitrogens with one attached hydrogen (secondary N) is 1. The Hall–Kier alpha value is -1.36. The van der Waals surface area contributed by atoms with E-state index in [1.54, 1.807) is 0 Å². The van der Waals surface area contributed by atoms with Gasteiger partial charge in [-0.2, -0.15) is 0 Å². The summed E-state index contributed by atoms with van der Waals surface area (Å²) in [6, 6.07) is 3.90. The van der Waals surface area contributed by atoms with Crippen LogP contribution in [0.1, 0.15) is 19.3 Å². The number of anilines is 1. The maximum absolute atomic E-state index is 12.4. The summed E-state index contributed by atoms with van der Waals surface area (Å²) in [6.45, 7) is 0.239. The molecule has 0 saturated carbocycles. The van der Waals surface area contributed by atoms with E-state index in [0.717, 1.165) is 19.1 Å². The minimum atomic E-state index is -3.76.